The van der Waals surface area contributed by atoms with E-state index in [1.807, 2.05) is 62.4 Å². The van der Waals surface area contributed by atoms with Gasteiger partial charge in [0.1, 0.15) is 11.5 Å². The van der Waals surface area contributed by atoms with E-state index in [4.69, 9.17) is 14.5 Å². The zero-order valence-corrected chi connectivity index (χ0v) is 20.2. The number of hydrogen-bond acceptors (Lipinski definition) is 5. The number of rotatable bonds is 7. The summed E-state index contributed by atoms with van der Waals surface area (Å²) in [5, 5.41) is 5.12. The lowest BCUT2D eigenvalue weighted by atomic mass is 9.96. The van der Waals surface area contributed by atoms with Crippen LogP contribution < -0.4 is 15.0 Å². The quantitative estimate of drug-likeness (QED) is 0.331. The average molecular weight is 456 g/mol. The highest BCUT2D eigenvalue weighted by atomic mass is 16.5. The first-order valence-electron chi connectivity index (χ1n) is 11.4. The van der Waals surface area contributed by atoms with Crippen LogP contribution in [0.4, 0.5) is 0 Å². The minimum absolute atomic E-state index is 0.230. The molecule has 1 aromatic heterocycles. The van der Waals surface area contributed by atoms with Gasteiger partial charge in [-0.3, -0.25) is 4.79 Å². The lowest BCUT2D eigenvalue weighted by molar-refractivity contribution is 0.340. The normalized spacial score (nSPS) is 11.5. The second-order valence-corrected chi connectivity index (χ2v) is 8.35. The zero-order valence-electron chi connectivity index (χ0n) is 20.2. The SMILES string of the molecule is CCOc1ccccc1C=Nn1c(-c2cc(C(C)C)c(OC)cc2C)nc2ccccc2c1=O. The molecule has 0 bridgehead atoms. The maximum atomic E-state index is 13.6. The Kier molecular flexibility index (Phi) is 6.77. The third kappa shape index (κ3) is 4.44. The van der Waals surface area contributed by atoms with Gasteiger partial charge in [0, 0.05) is 11.1 Å². The predicted octanol–water partition coefficient (Wildman–Crippen LogP) is 5.78. The second-order valence-electron chi connectivity index (χ2n) is 8.35. The van der Waals surface area contributed by atoms with Crippen molar-refractivity contribution in [2.75, 3.05) is 13.7 Å². The largest absolute Gasteiger partial charge is 0.496 e. The van der Waals surface area contributed by atoms with Gasteiger partial charge in [-0.2, -0.15) is 9.78 Å². The summed E-state index contributed by atoms with van der Waals surface area (Å²) < 4.78 is 12.7. The highest BCUT2D eigenvalue weighted by Crippen LogP contribution is 2.34. The Hall–Kier alpha value is -3.93. The fourth-order valence-corrected chi connectivity index (χ4v) is 3.97. The van der Waals surface area contributed by atoms with Gasteiger partial charge in [-0.15, -0.1) is 0 Å². The van der Waals surface area contributed by atoms with Crippen molar-refractivity contribution in [2.45, 2.75) is 33.6 Å². The van der Waals surface area contributed by atoms with E-state index in [1.165, 1.54) is 4.68 Å². The highest BCUT2D eigenvalue weighted by Gasteiger charge is 2.18. The number of nitrogens with zero attached hydrogens (tertiary/aromatic N) is 3. The van der Waals surface area contributed by atoms with Crippen LogP contribution in [0.25, 0.3) is 22.3 Å². The fourth-order valence-electron chi connectivity index (χ4n) is 3.97. The third-order valence-electron chi connectivity index (χ3n) is 5.72. The van der Waals surface area contributed by atoms with Crippen molar-refractivity contribution in [3.05, 3.63) is 87.7 Å². The molecule has 0 fully saturated rings. The van der Waals surface area contributed by atoms with Gasteiger partial charge in [0.15, 0.2) is 5.82 Å². The summed E-state index contributed by atoms with van der Waals surface area (Å²) in [5.41, 5.74) is 4.01. The molecular weight excluding hydrogens is 426 g/mol. The molecular formula is C28H29N3O3. The van der Waals surface area contributed by atoms with E-state index in [-0.39, 0.29) is 11.5 Å². The molecule has 1 heterocycles. The Morgan fingerprint density at radius 3 is 2.53 bits per heavy atom. The van der Waals surface area contributed by atoms with Crippen LogP contribution in [0.1, 0.15) is 43.4 Å². The number of methoxy groups -OCH3 is 1. The van der Waals surface area contributed by atoms with E-state index in [0.717, 1.165) is 28.0 Å². The first kappa shape index (κ1) is 23.2. The third-order valence-corrected chi connectivity index (χ3v) is 5.72. The lowest BCUT2D eigenvalue weighted by Crippen LogP contribution is -2.21. The van der Waals surface area contributed by atoms with Crippen LogP contribution >= 0.6 is 0 Å². The summed E-state index contributed by atoms with van der Waals surface area (Å²) in [4.78, 5) is 18.4. The summed E-state index contributed by atoms with van der Waals surface area (Å²) in [6.07, 6.45) is 1.65. The molecule has 0 amide bonds. The Morgan fingerprint density at radius 1 is 1.06 bits per heavy atom. The molecule has 0 aliphatic rings. The maximum Gasteiger partial charge on any atom is 0.282 e. The minimum Gasteiger partial charge on any atom is -0.496 e. The number of aryl methyl sites for hydroxylation is 1. The van der Waals surface area contributed by atoms with Crippen molar-refractivity contribution < 1.29 is 9.47 Å². The van der Waals surface area contributed by atoms with Gasteiger partial charge in [-0.1, -0.05) is 38.1 Å². The molecule has 3 aromatic carbocycles. The Labute approximate surface area is 199 Å². The summed E-state index contributed by atoms with van der Waals surface area (Å²) in [5.74, 6) is 2.24. The molecule has 174 valence electrons. The fraction of sp³-hybridized carbons (Fsp3) is 0.250. The van der Waals surface area contributed by atoms with Crippen LogP contribution in [-0.4, -0.2) is 29.6 Å². The summed E-state index contributed by atoms with van der Waals surface area (Å²) >= 11 is 0. The van der Waals surface area contributed by atoms with Crippen molar-refractivity contribution in [1.82, 2.24) is 9.66 Å². The highest BCUT2D eigenvalue weighted by molar-refractivity contribution is 5.84. The van der Waals surface area contributed by atoms with Crippen LogP contribution in [0.5, 0.6) is 11.5 Å². The summed E-state index contributed by atoms with van der Waals surface area (Å²) in [6.45, 7) is 8.68. The average Bonchev–Trinajstić information content (AvgIpc) is 2.84. The first-order valence-corrected chi connectivity index (χ1v) is 11.4. The van der Waals surface area contributed by atoms with Crippen LogP contribution in [0.15, 0.2) is 70.6 Å². The van der Waals surface area contributed by atoms with Crippen LogP contribution in [0.3, 0.4) is 0 Å². The smallest absolute Gasteiger partial charge is 0.282 e. The molecule has 6 heteroatoms. The number of benzene rings is 3. The van der Waals surface area contributed by atoms with Gasteiger partial charge in [-0.25, -0.2) is 4.98 Å². The van der Waals surface area contributed by atoms with Crippen molar-refractivity contribution >= 4 is 17.1 Å². The molecule has 0 saturated carbocycles. The number of aromatic nitrogens is 2. The number of para-hydroxylation sites is 2. The van der Waals surface area contributed by atoms with Gasteiger partial charge >= 0.3 is 0 Å². The van der Waals surface area contributed by atoms with Crippen LogP contribution in [0.2, 0.25) is 0 Å². The topological polar surface area (TPSA) is 65.7 Å². The van der Waals surface area contributed by atoms with Gasteiger partial charge in [-0.05, 0) is 67.3 Å². The molecule has 0 unspecified atom stereocenters. The van der Waals surface area contributed by atoms with E-state index in [0.29, 0.717) is 29.1 Å². The molecule has 0 aliphatic heterocycles. The van der Waals surface area contributed by atoms with Gasteiger partial charge < -0.3 is 9.47 Å². The Morgan fingerprint density at radius 2 is 1.79 bits per heavy atom. The van der Waals surface area contributed by atoms with Crippen molar-refractivity contribution in [1.29, 1.82) is 0 Å². The predicted molar refractivity (Wildman–Crippen MR) is 137 cm³/mol. The van der Waals surface area contributed by atoms with Crippen LogP contribution in [-0.2, 0) is 0 Å². The van der Waals surface area contributed by atoms with Crippen molar-refractivity contribution in [2.24, 2.45) is 5.10 Å². The van der Waals surface area contributed by atoms with Crippen molar-refractivity contribution in [3.8, 4) is 22.9 Å². The maximum absolute atomic E-state index is 13.6. The zero-order chi connectivity index (χ0) is 24.2. The monoisotopic (exact) mass is 455 g/mol. The van der Waals surface area contributed by atoms with Gasteiger partial charge in [0.05, 0.1) is 30.8 Å². The molecule has 0 aliphatic carbocycles. The Bertz CT molecular complexity index is 1420. The molecule has 4 aromatic rings. The van der Waals surface area contributed by atoms with E-state index >= 15 is 0 Å². The molecule has 0 saturated heterocycles. The second kappa shape index (κ2) is 9.91. The van der Waals surface area contributed by atoms with Gasteiger partial charge in [0.2, 0.25) is 0 Å². The molecule has 4 rings (SSSR count). The number of hydrogen-bond donors (Lipinski definition) is 0. The molecule has 0 N–H and O–H groups in total. The van der Waals surface area contributed by atoms with Gasteiger partial charge in [0.25, 0.3) is 5.56 Å². The standard InChI is InChI=1S/C28H29N3O3/c1-6-34-25-14-10-7-11-20(25)17-29-31-27(30-24-13-9-8-12-21(24)28(31)32)23-16-22(18(2)3)26(33-5)15-19(23)4/h7-18H,6H2,1-5H3. The Balaban J connectivity index is 1.98. The van der Waals surface area contributed by atoms with E-state index in [2.05, 4.69) is 25.0 Å². The van der Waals surface area contributed by atoms with Crippen molar-refractivity contribution in [3.63, 3.8) is 0 Å². The van der Waals surface area contributed by atoms with E-state index in [1.54, 1.807) is 19.4 Å². The molecule has 0 spiro atoms. The molecule has 0 radical (unpaired) electrons. The molecule has 0 atom stereocenters. The lowest BCUT2D eigenvalue weighted by Gasteiger charge is -2.17. The summed E-state index contributed by atoms with van der Waals surface area (Å²) in [7, 11) is 1.67. The molecule has 6 nitrogen and oxygen atoms in total. The summed E-state index contributed by atoms with van der Waals surface area (Å²) in [6, 6.07) is 19.0. The first-order chi connectivity index (χ1) is 16.4. The molecule has 34 heavy (non-hydrogen) atoms. The van der Waals surface area contributed by atoms with E-state index in [9.17, 15) is 4.79 Å². The minimum atomic E-state index is -0.230. The van der Waals surface area contributed by atoms with E-state index < -0.39 is 0 Å². The number of ether oxygens (including phenoxy) is 2. The van der Waals surface area contributed by atoms with Crippen LogP contribution in [0, 0.1) is 6.92 Å². The number of fused-ring (bicyclic) bond motifs is 1.